The Morgan fingerprint density at radius 1 is 1.17 bits per heavy atom. The molecule has 7 nitrogen and oxygen atoms in total. The van der Waals surface area contributed by atoms with Crippen molar-refractivity contribution in [3.63, 3.8) is 0 Å². The van der Waals surface area contributed by atoms with Gasteiger partial charge in [0.2, 0.25) is 5.91 Å². The van der Waals surface area contributed by atoms with E-state index < -0.39 is 0 Å². The molecule has 23 heavy (non-hydrogen) atoms. The maximum absolute atomic E-state index is 12.0. The Bertz CT molecular complexity index is 918. The van der Waals surface area contributed by atoms with E-state index in [0.717, 1.165) is 5.56 Å². The predicted molar refractivity (Wildman–Crippen MR) is 86.0 cm³/mol. The lowest BCUT2D eigenvalue weighted by molar-refractivity contribution is -0.120. The van der Waals surface area contributed by atoms with Crippen molar-refractivity contribution in [3.05, 3.63) is 70.4 Å². The Balaban J connectivity index is 1.72. The van der Waals surface area contributed by atoms with Crippen LogP contribution in [0, 0.1) is 0 Å². The molecule has 3 rings (SSSR count). The number of H-pyrrole nitrogens is 1. The van der Waals surface area contributed by atoms with E-state index in [1.807, 2.05) is 0 Å². The summed E-state index contributed by atoms with van der Waals surface area (Å²) in [5.74, 6) is -0.319. The molecule has 0 fully saturated rings. The van der Waals surface area contributed by atoms with Crippen molar-refractivity contribution in [2.24, 2.45) is 5.10 Å². The largest absolute Gasteiger partial charge is 0.273 e. The monoisotopic (exact) mass is 307 g/mol. The molecule has 0 aliphatic rings. The zero-order valence-electron chi connectivity index (χ0n) is 12.1. The van der Waals surface area contributed by atoms with E-state index in [0.29, 0.717) is 16.5 Å². The summed E-state index contributed by atoms with van der Waals surface area (Å²) in [5.41, 5.74) is 3.48. The van der Waals surface area contributed by atoms with Gasteiger partial charge >= 0.3 is 0 Å². The first-order valence-corrected chi connectivity index (χ1v) is 6.92. The molecule has 7 heteroatoms. The topological polar surface area (TPSA) is 100 Å². The molecule has 114 valence electrons. The van der Waals surface area contributed by atoms with Crippen LogP contribution in [-0.4, -0.2) is 27.3 Å². The molecular formula is C16H13N5O2. The van der Waals surface area contributed by atoms with Crippen molar-refractivity contribution in [1.29, 1.82) is 0 Å². The van der Waals surface area contributed by atoms with Gasteiger partial charge in [0, 0.05) is 17.8 Å². The van der Waals surface area contributed by atoms with Crippen molar-refractivity contribution in [3.8, 4) is 0 Å². The maximum Gasteiger partial charge on any atom is 0.272 e. The van der Waals surface area contributed by atoms with Crippen LogP contribution >= 0.6 is 0 Å². The van der Waals surface area contributed by atoms with Gasteiger partial charge in [-0.05, 0) is 23.8 Å². The molecule has 0 unspecified atom stereocenters. The van der Waals surface area contributed by atoms with Crippen molar-refractivity contribution >= 4 is 22.9 Å². The normalized spacial score (nSPS) is 11.0. The average Bonchev–Trinajstić information content (AvgIpc) is 2.59. The van der Waals surface area contributed by atoms with Gasteiger partial charge in [-0.3, -0.25) is 14.6 Å². The molecule has 0 aliphatic carbocycles. The molecule has 1 aromatic carbocycles. The number of carbonyl (C=O) groups is 1. The fourth-order valence-corrected chi connectivity index (χ4v) is 2.13. The van der Waals surface area contributed by atoms with E-state index in [2.05, 4.69) is 25.7 Å². The molecule has 0 spiro atoms. The highest BCUT2D eigenvalue weighted by Crippen LogP contribution is 2.12. The Morgan fingerprint density at radius 2 is 1.91 bits per heavy atom. The number of hydrogen-bond donors (Lipinski definition) is 2. The van der Waals surface area contributed by atoms with Crippen LogP contribution in [0.1, 0.15) is 11.3 Å². The van der Waals surface area contributed by atoms with Crippen molar-refractivity contribution in [2.75, 3.05) is 0 Å². The van der Waals surface area contributed by atoms with Crippen LogP contribution in [0.15, 0.2) is 58.7 Å². The molecule has 0 atom stereocenters. The first-order chi connectivity index (χ1) is 11.2. The maximum atomic E-state index is 12.0. The minimum Gasteiger partial charge on any atom is -0.273 e. The lowest BCUT2D eigenvalue weighted by atomic mass is 10.1. The molecule has 0 aliphatic heterocycles. The number of nitrogens with zero attached hydrogens (tertiary/aromatic N) is 3. The van der Waals surface area contributed by atoms with E-state index in [1.54, 1.807) is 48.8 Å². The second kappa shape index (κ2) is 6.61. The fourth-order valence-electron chi connectivity index (χ4n) is 2.13. The third-order valence-electron chi connectivity index (χ3n) is 3.21. The zero-order chi connectivity index (χ0) is 16.1. The summed E-state index contributed by atoms with van der Waals surface area (Å²) < 4.78 is 0. The van der Waals surface area contributed by atoms with E-state index in [1.165, 1.54) is 6.21 Å². The van der Waals surface area contributed by atoms with Gasteiger partial charge in [-0.1, -0.05) is 18.2 Å². The van der Waals surface area contributed by atoms with E-state index in [4.69, 9.17) is 0 Å². The number of fused-ring (bicyclic) bond motifs is 1. The van der Waals surface area contributed by atoms with Gasteiger partial charge in [0.15, 0.2) is 0 Å². The molecule has 0 saturated heterocycles. The van der Waals surface area contributed by atoms with Gasteiger partial charge in [0.05, 0.1) is 23.7 Å². The summed E-state index contributed by atoms with van der Waals surface area (Å²) in [7, 11) is 0. The second-order valence-electron chi connectivity index (χ2n) is 4.80. The molecular weight excluding hydrogens is 294 g/mol. The first-order valence-electron chi connectivity index (χ1n) is 6.92. The Morgan fingerprint density at radius 3 is 2.70 bits per heavy atom. The second-order valence-corrected chi connectivity index (χ2v) is 4.80. The third-order valence-corrected chi connectivity index (χ3v) is 3.21. The van der Waals surface area contributed by atoms with Crippen LogP contribution < -0.4 is 11.0 Å². The number of aromatic amines is 1. The lowest BCUT2D eigenvalue weighted by Crippen LogP contribution is -2.22. The molecule has 2 heterocycles. The number of hydrazone groups is 1. The smallest absolute Gasteiger partial charge is 0.272 e. The molecule has 2 aromatic heterocycles. The first kappa shape index (κ1) is 14.6. The van der Waals surface area contributed by atoms with Crippen LogP contribution in [0.3, 0.4) is 0 Å². The van der Waals surface area contributed by atoms with Gasteiger partial charge < -0.3 is 0 Å². The van der Waals surface area contributed by atoms with Crippen molar-refractivity contribution in [1.82, 2.24) is 20.6 Å². The van der Waals surface area contributed by atoms with E-state index >= 15 is 0 Å². The van der Waals surface area contributed by atoms with Crippen LogP contribution in [0.5, 0.6) is 0 Å². The highest BCUT2D eigenvalue weighted by Gasteiger charge is 2.09. The number of nitrogens with one attached hydrogen (secondary N) is 2. The number of amides is 1. The zero-order valence-corrected chi connectivity index (χ0v) is 12.1. The summed E-state index contributed by atoms with van der Waals surface area (Å²) in [5, 5.41) is 11.4. The Kier molecular flexibility index (Phi) is 4.19. The lowest BCUT2D eigenvalue weighted by Gasteiger charge is -2.03. The molecule has 2 N–H and O–H groups in total. The summed E-state index contributed by atoms with van der Waals surface area (Å²) >= 11 is 0. The summed E-state index contributed by atoms with van der Waals surface area (Å²) in [4.78, 5) is 27.6. The standard InChI is InChI=1S/C16H13N5O2/c22-15(20-18-10-11-5-7-17-8-6-11)9-14-12-3-1-2-4-13(12)16(23)21-19-14/h1-8,10H,9H2,(H,20,22)(H,21,23)/b18-10+. The number of rotatable bonds is 4. The van der Waals surface area contributed by atoms with Gasteiger partial charge in [-0.25, -0.2) is 10.5 Å². The summed E-state index contributed by atoms with van der Waals surface area (Å²) in [6, 6.07) is 10.6. The number of pyridine rings is 1. The van der Waals surface area contributed by atoms with Crippen LogP contribution in [0.25, 0.3) is 10.8 Å². The number of aromatic nitrogens is 3. The SMILES string of the molecule is O=C(Cc1n[nH]c(=O)c2ccccc12)N/N=C/c1ccncc1. The van der Waals surface area contributed by atoms with E-state index in [9.17, 15) is 9.59 Å². The van der Waals surface area contributed by atoms with Crippen molar-refractivity contribution < 1.29 is 4.79 Å². The Labute approximate surface area is 131 Å². The van der Waals surface area contributed by atoms with Crippen LogP contribution in [0.2, 0.25) is 0 Å². The summed E-state index contributed by atoms with van der Waals surface area (Å²) in [6.45, 7) is 0. The van der Waals surface area contributed by atoms with Crippen molar-refractivity contribution in [2.45, 2.75) is 6.42 Å². The van der Waals surface area contributed by atoms with Gasteiger partial charge in [-0.2, -0.15) is 10.2 Å². The quantitative estimate of drug-likeness (QED) is 0.555. The van der Waals surface area contributed by atoms with Crippen LogP contribution in [0.4, 0.5) is 0 Å². The highest BCUT2D eigenvalue weighted by atomic mass is 16.2. The molecule has 3 aromatic rings. The van der Waals surface area contributed by atoms with Gasteiger partial charge in [-0.15, -0.1) is 0 Å². The minimum atomic E-state index is -0.319. The van der Waals surface area contributed by atoms with Gasteiger partial charge in [0.25, 0.3) is 5.56 Å². The third kappa shape index (κ3) is 3.46. The average molecular weight is 307 g/mol. The summed E-state index contributed by atoms with van der Waals surface area (Å²) in [6.07, 6.45) is 4.82. The predicted octanol–water partition coefficient (Wildman–Crippen LogP) is 1.01. The minimum absolute atomic E-state index is 0.0188. The number of benzene rings is 1. The number of carbonyl (C=O) groups excluding carboxylic acids is 1. The number of hydrogen-bond acceptors (Lipinski definition) is 5. The molecule has 0 radical (unpaired) electrons. The molecule has 1 amide bonds. The van der Waals surface area contributed by atoms with Gasteiger partial charge in [0.1, 0.15) is 0 Å². The van der Waals surface area contributed by atoms with Crippen LogP contribution in [-0.2, 0) is 11.2 Å². The highest BCUT2D eigenvalue weighted by molar-refractivity contribution is 5.88. The van der Waals surface area contributed by atoms with E-state index in [-0.39, 0.29) is 17.9 Å². The fraction of sp³-hybridized carbons (Fsp3) is 0.0625. The molecule has 0 bridgehead atoms. The Hall–Kier alpha value is -3.35. The molecule has 0 saturated carbocycles.